The third-order valence-corrected chi connectivity index (χ3v) is 5.26. The molecule has 0 spiro atoms. The molecule has 1 fully saturated rings. The Morgan fingerprint density at radius 2 is 1.75 bits per heavy atom. The normalized spacial score (nSPS) is 15.1. The van der Waals surface area contributed by atoms with Crippen molar-refractivity contribution in [3.8, 4) is 0 Å². The molecule has 0 atom stereocenters. The first kappa shape index (κ1) is 27.2. The molecule has 1 aliphatic heterocycles. The number of halogens is 6. The van der Waals surface area contributed by atoms with Crippen LogP contribution in [0, 0.1) is 0 Å². The highest BCUT2D eigenvalue weighted by molar-refractivity contribution is 5.77. The van der Waals surface area contributed by atoms with Crippen molar-refractivity contribution in [2.24, 2.45) is 0 Å². The number of ether oxygens (including phenoxy) is 1. The predicted octanol–water partition coefficient (Wildman–Crippen LogP) is 2.20. The standard InChI is InChI=1S/C20H23F6N7O3/c21-19(22,23)12-8-28-18(29-9-12)33-5-2-13(3-6-33)31-15(34)11-36-7-1-4-27-14-10-30-32-17(35)16(14)20(24,25)26/h8-10,13H,1-7,11H2,(H,31,34)(H2,27,32,35). The van der Waals surface area contributed by atoms with Gasteiger partial charge in [0.2, 0.25) is 11.9 Å². The number of rotatable bonds is 9. The van der Waals surface area contributed by atoms with Crippen LogP contribution in [0.3, 0.4) is 0 Å². The van der Waals surface area contributed by atoms with Gasteiger partial charge in [-0.05, 0) is 19.3 Å². The molecule has 0 unspecified atom stereocenters. The number of alkyl halides is 6. The fourth-order valence-electron chi connectivity index (χ4n) is 3.50. The van der Waals surface area contributed by atoms with Gasteiger partial charge in [-0.25, -0.2) is 15.1 Å². The maximum absolute atomic E-state index is 13.0. The van der Waals surface area contributed by atoms with E-state index in [9.17, 15) is 35.9 Å². The van der Waals surface area contributed by atoms with E-state index in [1.165, 1.54) is 0 Å². The molecule has 1 saturated heterocycles. The second-order valence-corrected chi connectivity index (χ2v) is 7.92. The summed E-state index contributed by atoms with van der Waals surface area (Å²) in [5.41, 5.74) is -4.09. The van der Waals surface area contributed by atoms with Crippen molar-refractivity contribution in [1.29, 1.82) is 0 Å². The van der Waals surface area contributed by atoms with Crippen LogP contribution in [0.25, 0.3) is 0 Å². The number of hydrogen-bond acceptors (Lipinski definition) is 8. The van der Waals surface area contributed by atoms with Crippen molar-refractivity contribution in [2.45, 2.75) is 37.7 Å². The van der Waals surface area contributed by atoms with E-state index in [0.29, 0.717) is 25.9 Å². The van der Waals surface area contributed by atoms with E-state index in [4.69, 9.17) is 4.74 Å². The van der Waals surface area contributed by atoms with E-state index in [2.05, 4.69) is 25.7 Å². The summed E-state index contributed by atoms with van der Waals surface area (Å²) >= 11 is 0. The number of anilines is 2. The van der Waals surface area contributed by atoms with Crippen LogP contribution in [0.1, 0.15) is 30.4 Å². The number of aromatic nitrogens is 4. The smallest absolute Gasteiger partial charge is 0.383 e. The van der Waals surface area contributed by atoms with Gasteiger partial charge in [0.25, 0.3) is 5.56 Å². The number of carbonyl (C=O) groups excluding carboxylic acids is 1. The lowest BCUT2D eigenvalue weighted by Gasteiger charge is -2.32. The summed E-state index contributed by atoms with van der Waals surface area (Å²) in [6, 6.07) is -0.155. The van der Waals surface area contributed by atoms with Gasteiger partial charge in [0, 0.05) is 44.7 Å². The topological polar surface area (TPSA) is 125 Å². The number of amides is 1. The van der Waals surface area contributed by atoms with Crippen LogP contribution in [-0.4, -0.2) is 65.0 Å². The number of H-pyrrole nitrogens is 1. The zero-order valence-corrected chi connectivity index (χ0v) is 18.7. The average molecular weight is 523 g/mol. The Labute approximate surface area is 200 Å². The van der Waals surface area contributed by atoms with Crippen LogP contribution < -0.4 is 21.1 Å². The summed E-state index contributed by atoms with van der Waals surface area (Å²) in [5, 5.41) is 10.4. The summed E-state index contributed by atoms with van der Waals surface area (Å²) in [7, 11) is 0. The molecule has 0 aromatic carbocycles. The molecule has 198 valence electrons. The summed E-state index contributed by atoms with van der Waals surface area (Å²) in [6.07, 6.45) is -5.68. The van der Waals surface area contributed by atoms with Gasteiger partial charge >= 0.3 is 12.4 Å². The van der Waals surface area contributed by atoms with Crippen molar-refractivity contribution in [3.05, 3.63) is 40.1 Å². The molecule has 0 aliphatic carbocycles. The number of aromatic amines is 1. The highest BCUT2D eigenvalue weighted by atomic mass is 19.4. The van der Waals surface area contributed by atoms with Gasteiger partial charge in [-0.2, -0.15) is 31.4 Å². The number of nitrogens with one attached hydrogen (secondary N) is 3. The lowest BCUT2D eigenvalue weighted by Crippen LogP contribution is -2.46. The number of piperidine rings is 1. The molecule has 3 heterocycles. The Morgan fingerprint density at radius 1 is 1.08 bits per heavy atom. The maximum atomic E-state index is 13.0. The SMILES string of the molecule is O=C(COCCCNc1cn[nH]c(=O)c1C(F)(F)F)NC1CCN(c2ncc(C(F)(F)F)cn2)CC1. The molecular weight excluding hydrogens is 500 g/mol. The molecule has 3 N–H and O–H groups in total. The van der Waals surface area contributed by atoms with Crippen LogP contribution in [0.15, 0.2) is 23.4 Å². The molecule has 3 rings (SSSR count). The van der Waals surface area contributed by atoms with E-state index in [1.807, 2.05) is 0 Å². The summed E-state index contributed by atoms with van der Waals surface area (Å²) in [5.74, 6) is -0.187. The number of carbonyl (C=O) groups is 1. The van der Waals surface area contributed by atoms with E-state index >= 15 is 0 Å². The minimum absolute atomic E-state index is 0.0559. The summed E-state index contributed by atoms with van der Waals surface area (Å²) in [6.45, 7) is 0.783. The Morgan fingerprint density at radius 3 is 2.36 bits per heavy atom. The third kappa shape index (κ3) is 7.53. The second-order valence-electron chi connectivity index (χ2n) is 7.92. The van der Waals surface area contributed by atoms with E-state index in [0.717, 1.165) is 18.6 Å². The number of nitrogens with zero attached hydrogens (tertiary/aromatic N) is 4. The molecule has 10 nitrogen and oxygen atoms in total. The highest BCUT2D eigenvalue weighted by Gasteiger charge is 2.37. The van der Waals surface area contributed by atoms with Gasteiger partial charge in [-0.15, -0.1) is 0 Å². The molecule has 1 aliphatic rings. The van der Waals surface area contributed by atoms with Crippen LogP contribution in [0.2, 0.25) is 0 Å². The van der Waals surface area contributed by atoms with Crippen LogP contribution in [-0.2, 0) is 21.9 Å². The Balaban J connectivity index is 1.32. The largest absolute Gasteiger partial charge is 0.423 e. The molecule has 0 bridgehead atoms. The van der Waals surface area contributed by atoms with Gasteiger partial charge in [0.1, 0.15) is 12.2 Å². The first-order chi connectivity index (χ1) is 16.9. The van der Waals surface area contributed by atoms with E-state index in [-0.39, 0.29) is 44.1 Å². The van der Waals surface area contributed by atoms with Gasteiger partial charge in [0.15, 0.2) is 0 Å². The predicted molar refractivity (Wildman–Crippen MR) is 114 cm³/mol. The zero-order valence-electron chi connectivity index (χ0n) is 18.7. The van der Waals surface area contributed by atoms with Gasteiger partial charge in [0.05, 0.1) is 17.4 Å². The Hall–Kier alpha value is -3.43. The quantitative estimate of drug-likeness (QED) is 0.338. The summed E-state index contributed by atoms with van der Waals surface area (Å²) in [4.78, 5) is 32.7. The number of hydrogen-bond donors (Lipinski definition) is 3. The lowest BCUT2D eigenvalue weighted by atomic mass is 10.1. The fraction of sp³-hybridized carbons (Fsp3) is 0.550. The van der Waals surface area contributed by atoms with Crippen LogP contribution in [0.4, 0.5) is 38.0 Å². The van der Waals surface area contributed by atoms with Crippen molar-refractivity contribution < 1.29 is 35.9 Å². The Bertz CT molecular complexity index is 1070. The van der Waals surface area contributed by atoms with Crippen molar-refractivity contribution in [2.75, 3.05) is 43.1 Å². The van der Waals surface area contributed by atoms with Gasteiger partial charge < -0.3 is 20.3 Å². The summed E-state index contributed by atoms with van der Waals surface area (Å²) < 4.78 is 82.1. The van der Waals surface area contributed by atoms with Gasteiger partial charge in [-0.3, -0.25) is 9.59 Å². The van der Waals surface area contributed by atoms with Crippen molar-refractivity contribution in [1.82, 2.24) is 25.5 Å². The Kier molecular flexibility index (Phi) is 8.70. The average Bonchev–Trinajstić information content (AvgIpc) is 2.80. The van der Waals surface area contributed by atoms with Gasteiger partial charge in [-0.1, -0.05) is 0 Å². The molecule has 0 saturated carbocycles. The maximum Gasteiger partial charge on any atom is 0.423 e. The molecule has 0 radical (unpaired) electrons. The molecule has 2 aromatic rings. The van der Waals surface area contributed by atoms with Crippen molar-refractivity contribution in [3.63, 3.8) is 0 Å². The minimum atomic E-state index is -4.84. The molecule has 1 amide bonds. The lowest BCUT2D eigenvalue weighted by molar-refractivity contribution is -0.139. The second kappa shape index (κ2) is 11.5. The zero-order chi connectivity index (χ0) is 26.3. The van der Waals surface area contributed by atoms with E-state index in [1.54, 1.807) is 10.00 Å². The molecular formula is C20H23F6N7O3. The first-order valence-corrected chi connectivity index (χ1v) is 10.8. The molecule has 2 aromatic heterocycles. The van der Waals surface area contributed by atoms with Crippen LogP contribution in [0.5, 0.6) is 0 Å². The van der Waals surface area contributed by atoms with E-state index < -0.39 is 34.7 Å². The monoisotopic (exact) mass is 523 g/mol. The van der Waals surface area contributed by atoms with Crippen molar-refractivity contribution >= 4 is 17.5 Å². The molecule has 36 heavy (non-hydrogen) atoms. The molecule has 16 heteroatoms. The van der Waals surface area contributed by atoms with Crippen LogP contribution >= 0.6 is 0 Å². The fourth-order valence-corrected chi connectivity index (χ4v) is 3.50. The minimum Gasteiger partial charge on any atom is -0.383 e. The highest BCUT2D eigenvalue weighted by Crippen LogP contribution is 2.31. The third-order valence-electron chi connectivity index (χ3n) is 5.26. The first-order valence-electron chi connectivity index (χ1n) is 10.8.